The maximum atomic E-state index is 12.2. The standard InChI is InChI=1S/C19H19N5O2/c20-7-1-2-18(26)23-9-6-13(11-23)16-10-17(24(12-25)14-3-4-14)22-19-15(16)5-8-21-19/h5-6,8,10,12,14H,1-4,9,11H2,(H,21,22). The summed E-state index contributed by atoms with van der Waals surface area (Å²) < 4.78 is 0. The minimum atomic E-state index is -0.00936. The minimum absolute atomic E-state index is 0.00936. The van der Waals surface area contributed by atoms with Gasteiger partial charge in [0.2, 0.25) is 12.3 Å². The lowest BCUT2D eigenvalue weighted by Gasteiger charge is -2.18. The molecule has 7 heteroatoms. The molecule has 1 fully saturated rings. The lowest BCUT2D eigenvalue weighted by atomic mass is 10.0. The smallest absolute Gasteiger partial charge is 0.224 e. The third-order valence-electron chi connectivity index (χ3n) is 4.90. The molecule has 0 radical (unpaired) electrons. The third kappa shape index (κ3) is 2.94. The molecule has 0 unspecified atom stereocenters. The molecule has 0 atom stereocenters. The number of nitrogens with zero attached hydrogens (tertiary/aromatic N) is 4. The molecule has 2 aromatic heterocycles. The van der Waals surface area contributed by atoms with Gasteiger partial charge in [-0.15, -0.1) is 0 Å². The first-order valence-corrected chi connectivity index (χ1v) is 8.77. The molecule has 1 saturated carbocycles. The molecule has 132 valence electrons. The Morgan fingerprint density at radius 2 is 2.35 bits per heavy atom. The number of amides is 2. The number of nitrogens with one attached hydrogen (secondary N) is 1. The van der Waals surface area contributed by atoms with E-state index in [1.807, 2.05) is 30.5 Å². The number of anilines is 1. The first-order chi connectivity index (χ1) is 12.7. The van der Waals surface area contributed by atoms with Crippen molar-refractivity contribution in [3.63, 3.8) is 0 Å². The van der Waals surface area contributed by atoms with E-state index in [-0.39, 0.29) is 24.8 Å². The number of aromatic amines is 1. The Morgan fingerprint density at radius 1 is 1.50 bits per heavy atom. The summed E-state index contributed by atoms with van der Waals surface area (Å²) in [4.78, 5) is 34.9. The van der Waals surface area contributed by atoms with E-state index in [0.717, 1.165) is 41.4 Å². The van der Waals surface area contributed by atoms with Gasteiger partial charge in [0.1, 0.15) is 11.5 Å². The summed E-state index contributed by atoms with van der Waals surface area (Å²) in [5.41, 5.74) is 2.78. The maximum Gasteiger partial charge on any atom is 0.224 e. The summed E-state index contributed by atoms with van der Waals surface area (Å²) in [5, 5.41) is 9.64. The molecule has 3 heterocycles. The molecular formula is C19H19N5O2. The average molecular weight is 349 g/mol. The molecule has 1 aliphatic heterocycles. The Balaban J connectivity index is 1.64. The first-order valence-electron chi connectivity index (χ1n) is 8.77. The van der Waals surface area contributed by atoms with Gasteiger partial charge in [0, 0.05) is 43.6 Å². The van der Waals surface area contributed by atoms with Crippen molar-refractivity contribution < 1.29 is 9.59 Å². The first kappa shape index (κ1) is 16.3. The van der Waals surface area contributed by atoms with E-state index < -0.39 is 0 Å². The molecule has 0 aromatic carbocycles. The largest absolute Gasteiger partial charge is 0.346 e. The number of H-pyrrole nitrogens is 1. The number of hydrogen-bond donors (Lipinski definition) is 1. The third-order valence-corrected chi connectivity index (χ3v) is 4.90. The molecule has 0 saturated heterocycles. The molecule has 7 nitrogen and oxygen atoms in total. The fraction of sp³-hybridized carbons (Fsp3) is 0.368. The van der Waals surface area contributed by atoms with E-state index in [2.05, 4.69) is 9.97 Å². The van der Waals surface area contributed by atoms with Gasteiger partial charge in [-0.05, 0) is 36.1 Å². The molecule has 0 spiro atoms. The van der Waals surface area contributed by atoms with Crippen LogP contribution in [-0.4, -0.2) is 46.3 Å². The van der Waals surface area contributed by atoms with Crippen molar-refractivity contribution in [1.82, 2.24) is 14.9 Å². The minimum Gasteiger partial charge on any atom is -0.346 e. The molecular weight excluding hydrogens is 330 g/mol. The number of pyridine rings is 1. The van der Waals surface area contributed by atoms with Gasteiger partial charge in [0.25, 0.3) is 0 Å². The van der Waals surface area contributed by atoms with Crippen LogP contribution in [0.15, 0.2) is 24.4 Å². The van der Waals surface area contributed by atoms with E-state index in [9.17, 15) is 9.59 Å². The van der Waals surface area contributed by atoms with Crippen LogP contribution in [0.25, 0.3) is 16.6 Å². The fourth-order valence-corrected chi connectivity index (χ4v) is 3.36. The van der Waals surface area contributed by atoms with Crippen LogP contribution < -0.4 is 4.90 Å². The van der Waals surface area contributed by atoms with Crippen LogP contribution in [0.5, 0.6) is 0 Å². The molecule has 2 aliphatic rings. The normalized spacial score (nSPS) is 16.4. The van der Waals surface area contributed by atoms with Gasteiger partial charge in [-0.25, -0.2) is 4.98 Å². The van der Waals surface area contributed by atoms with E-state index >= 15 is 0 Å². The highest BCUT2D eigenvalue weighted by atomic mass is 16.2. The number of hydrogen-bond acceptors (Lipinski definition) is 4. The second kappa shape index (κ2) is 6.64. The highest BCUT2D eigenvalue weighted by molar-refractivity contribution is 5.95. The lowest BCUT2D eigenvalue weighted by molar-refractivity contribution is -0.129. The molecule has 1 aliphatic carbocycles. The zero-order valence-electron chi connectivity index (χ0n) is 14.3. The average Bonchev–Trinajstić information content (AvgIpc) is 3.17. The van der Waals surface area contributed by atoms with Crippen molar-refractivity contribution in [2.45, 2.75) is 31.7 Å². The SMILES string of the molecule is N#CCCC(=O)N1CC=C(c2cc(N(C=O)C3CC3)nc3[nH]ccc23)C1. The number of carbonyl (C=O) groups excluding carboxylic acids is 2. The van der Waals surface area contributed by atoms with Gasteiger partial charge in [-0.3, -0.25) is 14.5 Å². The van der Waals surface area contributed by atoms with Crippen LogP contribution >= 0.6 is 0 Å². The second-order valence-corrected chi connectivity index (χ2v) is 6.67. The highest BCUT2D eigenvalue weighted by Crippen LogP contribution is 2.34. The fourth-order valence-electron chi connectivity index (χ4n) is 3.36. The Hall–Kier alpha value is -3.14. The van der Waals surface area contributed by atoms with Crippen LogP contribution in [0.3, 0.4) is 0 Å². The number of carbonyl (C=O) groups is 2. The summed E-state index contributed by atoms with van der Waals surface area (Å²) in [6.45, 7) is 1.06. The van der Waals surface area contributed by atoms with Gasteiger partial charge in [0.15, 0.2) is 0 Å². The zero-order chi connectivity index (χ0) is 18.1. The Kier molecular flexibility index (Phi) is 4.17. The number of rotatable bonds is 6. The summed E-state index contributed by atoms with van der Waals surface area (Å²) in [7, 11) is 0. The van der Waals surface area contributed by atoms with Crippen LogP contribution in [0.4, 0.5) is 5.82 Å². The van der Waals surface area contributed by atoms with Crippen LogP contribution in [-0.2, 0) is 9.59 Å². The van der Waals surface area contributed by atoms with Gasteiger partial charge in [-0.2, -0.15) is 5.26 Å². The molecule has 1 N–H and O–H groups in total. The number of aromatic nitrogens is 2. The van der Waals surface area contributed by atoms with Crippen molar-refractivity contribution in [2.75, 3.05) is 18.0 Å². The lowest BCUT2D eigenvalue weighted by Crippen LogP contribution is -2.28. The number of fused-ring (bicyclic) bond motifs is 1. The molecule has 0 bridgehead atoms. The van der Waals surface area contributed by atoms with Gasteiger partial charge < -0.3 is 9.88 Å². The van der Waals surface area contributed by atoms with Crippen molar-refractivity contribution in [3.05, 3.63) is 30.0 Å². The predicted octanol–water partition coefficient (Wildman–Crippen LogP) is 2.22. The van der Waals surface area contributed by atoms with E-state index in [1.54, 1.807) is 9.80 Å². The summed E-state index contributed by atoms with van der Waals surface area (Å²) in [6, 6.07) is 6.16. The van der Waals surface area contributed by atoms with E-state index in [4.69, 9.17) is 5.26 Å². The van der Waals surface area contributed by atoms with E-state index in [0.29, 0.717) is 18.9 Å². The zero-order valence-corrected chi connectivity index (χ0v) is 14.3. The van der Waals surface area contributed by atoms with Gasteiger partial charge in [0.05, 0.1) is 6.07 Å². The van der Waals surface area contributed by atoms with Crippen LogP contribution in [0, 0.1) is 11.3 Å². The van der Waals surface area contributed by atoms with Crippen molar-refractivity contribution >= 4 is 34.7 Å². The Morgan fingerprint density at radius 3 is 3.08 bits per heavy atom. The van der Waals surface area contributed by atoms with Crippen molar-refractivity contribution in [1.29, 1.82) is 5.26 Å². The Labute approximate surface area is 150 Å². The summed E-state index contributed by atoms with van der Waals surface area (Å²) in [5.74, 6) is 0.632. The predicted molar refractivity (Wildman–Crippen MR) is 97.1 cm³/mol. The van der Waals surface area contributed by atoms with Crippen LogP contribution in [0.2, 0.25) is 0 Å². The monoisotopic (exact) mass is 349 g/mol. The van der Waals surface area contributed by atoms with E-state index in [1.165, 1.54) is 0 Å². The Bertz CT molecular complexity index is 935. The summed E-state index contributed by atoms with van der Waals surface area (Å²) >= 11 is 0. The second-order valence-electron chi connectivity index (χ2n) is 6.67. The molecule has 2 aromatic rings. The van der Waals surface area contributed by atoms with Crippen molar-refractivity contribution in [3.8, 4) is 6.07 Å². The number of nitriles is 1. The molecule has 26 heavy (non-hydrogen) atoms. The molecule has 4 rings (SSSR count). The highest BCUT2D eigenvalue weighted by Gasteiger charge is 2.31. The molecule has 2 amide bonds. The van der Waals surface area contributed by atoms with Crippen molar-refractivity contribution in [2.24, 2.45) is 0 Å². The van der Waals surface area contributed by atoms with Crippen LogP contribution in [0.1, 0.15) is 31.2 Å². The quantitative estimate of drug-likeness (QED) is 0.809. The topological polar surface area (TPSA) is 93.1 Å². The maximum absolute atomic E-state index is 12.2. The van der Waals surface area contributed by atoms with Gasteiger partial charge in [-0.1, -0.05) is 6.08 Å². The summed E-state index contributed by atoms with van der Waals surface area (Å²) in [6.07, 6.45) is 7.21. The van der Waals surface area contributed by atoms with Gasteiger partial charge >= 0.3 is 0 Å².